The van der Waals surface area contributed by atoms with E-state index in [0.29, 0.717) is 6.04 Å². The van der Waals surface area contributed by atoms with Crippen LogP contribution in [0.15, 0.2) is 22.9 Å². The zero-order chi connectivity index (χ0) is 10.8. The van der Waals surface area contributed by atoms with Crippen molar-refractivity contribution in [3.63, 3.8) is 0 Å². The van der Waals surface area contributed by atoms with E-state index < -0.39 is 0 Å². The molecule has 2 aromatic rings. The van der Waals surface area contributed by atoms with Crippen molar-refractivity contribution in [2.75, 3.05) is 7.05 Å². The standard InChI is InChI=1S/C12H15NS2/c1-8-4-6-15-12(8)11(13-3)10-5-7-14-9(10)2/h4-7,11,13H,1-3H3. The van der Waals surface area contributed by atoms with Crippen molar-refractivity contribution in [3.05, 3.63) is 43.8 Å². The Morgan fingerprint density at radius 3 is 2.33 bits per heavy atom. The van der Waals surface area contributed by atoms with Crippen molar-refractivity contribution < 1.29 is 0 Å². The van der Waals surface area contributed by atoms with Crippen molar-refractivity contribution >= 4 is 22.7 Å². The molecule has 1 N–H and O–H groups in total. The molecule has 2 rings (SSSR count). The van der Waals surface area contributed by atoms with Crippen LogP contribution < -0.4 is 5.32 Å². The summed E-state index contributed by atoms with van der Waals surface area (Å²) in [5.41, 5.74) is 2.79. The molecule has 15 heavy (non-hydrogen) atoms. The van der Waals surface area contributed by atoms with Gasteiger partial charge in [-0.3, -0.25) is 0 Å². The van der Waals surface area contributed by atoms with Gasteiger partial charge in [0.15, 0.2) is 0 Å². The Kier molecular flexibility index (Phi) is 3.24. The Bertz CT molecular complexity index is 402. The largest absolute Gasteiger partial charge is 0.309 e. The highest BCUT2D eigenvalue weighted by molar-refractivity contribution is 7.10. The van der Waals surface area contributed by atoms with E-state index in [1.54, 1.807) is 0 Å². The fraction of sp³-hybridized carbons (Fsp3) is 0.333. The first-order valence-electron chi connectivity index (χ1n) is 4.99. The van der Waals surface area contributed by atoms with E-state index in [0.717, 1.165) is 0 Å². The topological polar surface area (TPSA) is 12.0 Å². The number of hydrogen-bond acceptors (Lipinski definition) is 3. The summed E-state index contributed by atoms with van der Waals surface area (Å²) in [5, 5.41) is 7.73. The van der Waals surface area contributed by atoms with Crippen LogP contribution in [0, 0.1) is 13.8 Å². The van der Waals surface area contributed by atoms with Crippen LogP contribution in [0.2, 0.25) is 0 Å². The minimum atomic E-state index is 0.358. The Morgan fingerprint density at radius 2 is 1.87 bits per heavy atom. The number of thiophene rings is 2. The highest BCUT2D eigenvalue weighted by Crippen LogP contribution is 2.32. The lowest BCUT2D eigenvalue weighted by molar-refractivity contribution is 0.699. The van der Waals surface area contributed by atoms with Gasteiger partial charge in [0.25, 0.3) is 0 Å². The van der Waals surface area contributed by atoms with Crippen molar-refractivity contribution in [1.29, 1.82) is 0 Å². The van der Waals surface area contributed by atoms with Crippen molar-refractivity contribution in [2.45, 2.75) is 19.9 Å². The van der Waals surface area contributed by atoms with Gasteiger partial charge in [-0.05, 0) is 54.9 Å². The molecule has 0 aliphatic rings. The minimum Gasteiger partial charge on any atom is -0.309 e. The van der Waals surface area contributed by atoms with Crippen molar-refractivity contribution in [1.82, 2.24) is 5.32 Å². The molecule has 1 unspecified atom stereocenters. The molecular weight excluding hydrogens is 222 g/mol. The summed E-state index contributed by atoms with van der Waals surface area (Å²) < 4.78 is 0. The summed E-state index contributed by atoms with van der Waals surface area (Å²) in [6.45, 7) is 4.37. The third kappa shape index (κ3) is 2.00. The Morgan fingerprint density at radius 1 is 1.13 bits per heavy atom. The van der Waals surface area contributed by atoms with Crippen LogP contribution in [0.1, 0.15) is 26.9 Å². The molecule has 1 nitrogen and oxygen atoms in total. The highest BCUT2D eigenvalue weighted by Gasteiger charge is 2.17. The summed E-state index contributed by atoms with van der Waals surface area (Å²) in [6, 6.07) is 4.77. The van der Waals surface area contributed by atoms with Crippen LogP contribution in [0.4, 0.5) is 0 Å². The van der Waals surface area contributed by atoms with Crippen LogP contribution in [-0.4, -0.2) is 7.05 Å². The van der Waals surface area contributed by atoms with Crippen LogP contribution in [0.25, 0.3) is 0 Å². The van der Waals surface area contributed by atoms with Gasteiger partial charge in [-0.2, -0.15) is 0 Å². The Balaban J connectivity index is 2.41. The third-order valence-corrected chi connectivity index (χ3v) is 4.61. The summed E-state index contributed by atoms with van der Waals surface area (Å²) >= 11 is 3.65. The number of nitrogens with one attached hydrogen (secondary N) is 1. The fourth-order valence-electron chi connectivity index (χ4n) is 1.80. The maximum absolute atomic E-state index is 3.41. The predicted molar refractivity (Wildman–Crippen MR) is 69.0 cm³/mol. The molecule has 80 valence electrons. The zero-order valence-corrected chi connectivity index (χ0v) is 10.8. The molecule has 1 atom stereocenters. The van der Waals surface area contributed by atoms with Crippen molar-refractivity contribution in [2.24, 2.45) is 0 Å². The maximum atomic E-state index is 3.41. The predicted octanol–water partition coefficient (Wildman–Crippen LogP) is 3.74. The van der Waals surface area contributed by atoms with Gasteiger partial charge >= 0.3 is 0 Å². The molecule has 0 radical (unpaired) electrons. The SMILES string of the molecule is CNC(c1ccsc1C)c1sccc1C. The second-order valence-electron chi connectivity index (χ2n) is 3.62. The monoisotopic (exact) mass is 237 g/mol. The van der Waals surface area contributed by atoms with E-state index in [-0.39, 0.29) is 0 Å². The second kappa shape index (κ2) is 4.47. The third-order valence-electron chi connectivity index (χ3n) is 2.66. The zero-order valence-electron chi connectivity index (χ0n) is 9.20. The molecule has 0 amide bonds. The van der Waals surface area contributed by atoms with E-state index >= 15 is 0 Å². The van der Waals surface area contributed by atoms with E-state index in [4.69, 9.17) is 0 Å². The van der Waals surface area contributed by atoms with Gasteiger partial charge in [0.1, 0.15) is 0 Å². The lowest BCUT2D eigenvalue weighted by atomic mass is 10.0. The van der Waals surface area contributed by atoms with Crippen LogP contribution >= 0.6 is 22.7 Å². The number of hydrogen-bond donors (Lipinski definition) is 1. The quantitative estimate of drug-likeness (QED) is 0.857. The molecule has 0 saturated heterocycles. The van der Waals surface area contributed by atoms with E-state index in [9.17, 15) is 0 Å². The van der Waals surface area contributed by atoms with E-state index in [1.807, 2.05) is 29.7 Å². The molecular formula is C12H15NS2. The first kappa shape index (κ1) is 10.9. The lowest BCUT2D eigenvalue weighted by Crippen LogP contribution is -2.17. The molecule has 0 aliphatic heterocycles. The van der Waals surface area contributed by atoms with E-state index in [1.165, 1.54) is 20.9 Å². The average Bonchev–Trinajstić information content (AvgIpc) is 2.80. The van der Waals surface area contributed by atoms with Gasteiger partial charge in [-0.1, -0.05) is 0 Å². The summed E-state index contributed by atoms with van der Waals surface area (Å²) in [6.07, 6.45) is 0. The van der Waals surface area contributed by atoms with Gasteiger partial charge in [0.05, 0.1) is 6.04 Å². The molecule has 0 saturated carbocycles. The number of aryl methyl sites for hydroxylation is 2. The van der Waals surface area contributed by atoms with Crippen LogP contribution in [-0.2, 0) is 0 Å². The van der Waals surface area contributed by atoms with Gasteiger partial charge in [0, 0.05) is 9.75 Å². The second-order valence-corrected chi connectivity index (χ2v) is 5.69. The molecule has 0 spiro atoms. The molecule has 3 heteroatoms. The van der Waals surface area contributed by atoms with E-state index in [2.05, 4.69) is 42.1 Å². The van der Waals surface area contributed by atoms with Gasteiger partial charge in [0.2, 0.25) is 0 Å². The minimum absolute atomic E-state index is 0.358. The molecule has 0 bridgehead atoms. The molecule has 0 aromatic carbocycles. The van der Waals surface area contributed by atoms with Gasteiger partial charge < -0.3 is 5.32 Å². The summed E-state index contributed by atoms with van der Waals surface area (Å²) in [7, 11) is 2.03. The lowest BCUT2D eigenvalue weighted by Gasteiger charge is -2.15. The fourth-order valence-corrected chi connectivity index (χ4v) is 3.60. The first-order chi connectivity index (χ1) is 7.24. The Labute approximate surface area is 98.8 Å². The summed E-state index contributed by atoms with van der Waals surface area (Å²) in [5.74, 6) is 0. The highest BCUT2D eigenvalue weighted by atomic mass is 32.1. The number of rotatable bonds is 3. The van der Waals surface area contributed by atoms with Crippen LogP contribution in [0.3, 0.4) is 0 Å². The Hall–Kier alpha value is -0.640. The average molecular weight is 237 g/mol. The normalized spacial score (nSPS) is 13.0. The molecule has 2 heterocycles. The van der Waals surface area contributed by atoms with Crippen LogP contribution in [0.5, 0.6) is 0 Å². The molecule has 2 aromatic heterocycles. The maximum Gasteiger partial charge on any atom is 0.0682 e. The van der Waals surface area contributed by atoms with Gasteiger partial charge in [-0.25, -0.2) is 0 Å². The molecule has 0 aliphatic carbocycles. The van der Waals surface area contributed by atoms with Crippen molar-refractivity contribution in [3.8, 4) is 0 Å². The first-order valence-corrected chi connectivity index (χ1v) is 6.75. The molecule has 0 fully saturated rings. The summed E-state index contributed by atoms with van der Waals surface area (Å²) in [4.78, 5) is 2.83. The van der Waals surface area contributed by atoms with Gasteiger partial charge in [-0.15, -0.1) is 22.7 Å². The smallest absolute Gasteiger partial charge is 0.0682 e.